The molecule has 11 N–H and O–H groups in total. The second-order valence-electron chi connectivity index (χ2n) is 19.2. The van der Waals surface area contributed by atoms with Gasteiger partial charge in [0.05, 0.1) is 66.1 Å². The van der Waals surface area contributed by atoms with Crippen LogP contribution in [0.2, 0.25) is 0 Å². The molecule has 0 aromatic heterocycles. The van der Waals surface area contributed by atoms with Crippen LogP contribution < -0.4 is 33.6 Å². The number of carboxylic acids is 1. The largest absolute Gasteiger partial charge is 0.478 e. The second-order valence-corrected chi connectivity index (χ2v) is 19.2. The van der Waals surface area contributed by atoms with Crippen molar-refractivity contribution in [3.8, 4) is 0 Å². The van der Waals surface area contributed by atoms with Crippen LogP contribution in [0, 0.1) is 0 Å². The van der Waals surface area contributed by atoms with Crippen molar-refractivity contribution in [1.29, 1.82) is 0 Å². The number of amides is 2. The summed E-state index contributed by atoms with van der Waals surface area (Å²) in [7, 11) is 0. The van der Waals surface area contributed by atoms with E-state index in [9.17, 15) is 45.8 Å². The summed E-state index contributed by atoms with van der Waals surface area (Å²) in [6.07, 6.45) is -8.38. The number of halogens is 6. The highest BCUT2D eigenvalue weighted by Crippen LogP contribution is 2.37. The first-order valence-electron chi connectivity index (χ1n) is 24.5. The standard InChI is InChI=1S/C57H57F6N9O4/c58-56(59,60)41-10-4-12-45(30-41)68-47-32-70(53(73)49(47)51(66)38-18-22-43(64)23-19-38)26-6-28-72(34-36-8-2-1-3-9-36,35-37-14-16-40(17-15-37)55(75)76)29-7-27-71-33-48(69-46-13-5-11-42(31-46)57(61,62)63)50(54(71)74)52(67)39-20-24-44(65)25-21-39/h1-5,8-25,30-31,51-52H,6-7,26-29,32-35,64-67H2,(H2-,68,69,73,74,75,76)/p+1/t51-,52-/m1/s1. The average Bonchev–Trinajstić information content (AvgIpc) is 3.87. The summed E-state index contributed by atoms with van der Waals surface area (Å²) < 4.78 is 83.3. The molecule has 13 nitrogen and oxygen atoms in total. The molecular formula is C57H58F6N9O4+. The van der Waals surface area contributed by atoms with Crippen molar-refractivity contribution in [3.63, 3.8) is 0 Å². The zero-order chi connectivity index (χ0) is 54.4. The Morgan fingerprint density at radius 2 is 0.974 bits per heavy atom. The van der Waals surface area contributed by atoms with Gasteiger partial charge in [0.1, 0.15) is 13.1 Å². The maximum absolute atomic E-state index is 14.5. The molecule has 0 radical (unpaired) electrons. The number of rotatable bonds is 21. The molecule has 0 saturated heterocycles. The summed E-state index contributed by atoms with van der Waals surface area (Å²) >= 11 is 0. The third-order valence-electron chi connectivity index (χ3n) is 13.8. The summed E-state index contributed by atoms with van der Waals surface area (Å²) in [5.41, 5.74) is 29.1. The minimum atomic E-state index is -4.61. The molecule has 8 rings (SSSR count). The summed E-state index contributed by atoms with van der Waals surface area (Å²) in [6.45, 7) is 2.25. The smallest absolute Gasteiger partial charge is 0.416 e. The van der Waals surface area contributed by atoms with Crippen LogP contribution in [0.4, 0.5) is 49.1 Å². The fourth-order valence-electron chi connectivity index (χ4n) is 9.93. The molecule has 19 heteroatoms. The number of alkyl halides is 6. The molecule has 6 aromatic rings. The Kier molecular flexibility index (Phi) is 16.2. The zero-order valence-corrected chi connectivity index (χ0v) is 41.3. The molecule has 2 amide bonds. The van der Waals surface area contributed by atoms with Gasteiger partial charge in [0.2, 0.25) is 0 Å². The number of carboxylic acid groups (broad SMARTS) is 1. The number of carbonyl (C=O) groups is 3. The number of hydrogen-bond donors (Lipinski definition) is 7. The molecule has 0 fully saturated rings. The zero-order valence-electron chi connectivity index (χ0n) is 41.3. The monoisotopic (exact) mass is 1050 g/mol. The van der Waals surface area contributed by atoms with Crippen molar-refractivity contribution < 1.29 is 50.3 Å². The highest BCUT2D eigenvalue weighted by Gasteiger charge is 2.39. The number of hydrogen-bond acceptors (Lipinski definition) is 9. The molecule has 2 aliphatic rings. The normalized spacial score (nSPS) is 15.2. The molecule has 0 spiro atoms. The Labute approximate surface area is 435 Å². The van der Waals surface area contributed by atoms with Gasteiger partial charge in [-0.05, 0) is 83.9 Å². The van der Waals surface area contributed by atoms with Crippen LogP contribution in [0.25, 0.3) is 0 Å². The number of nitrogens with two attached hydrogens (primary N) is 4. The number of benzene rings is 6. The van der Waals surface area contributed by atoms with E-state index < -0.39 is 53.3 Å². The van der Waals surface area contributed by atoms with Crippen LogP contribution >= 0.6 is 0 Å². The number of quaternary nitrogens is 1. The first kappa shape index (κ1) is 54.1. The number of nitrogens with zero attached hydrogens (tertiary/aromatic N) is 3. The fourth-order valence-corrected chi connectivity index (χ4v) is 9.93. The average molecular weight is 1050 g/mol. The van der Waals surface area contributed by atoms with Gasteiger partial charge in [-0.1, -0.05) is 78.9 Å². The van der Waals surface area contributed by atoms with Crippen LogP contribution in [0.1, 0.15) is 68.7 Å². The van der Waals surface area contributed by atoms with E-state index in [4.69, 9.17) is 22.9 Å². The van der Waals surface area contributed by atoms with Crippen LogP contribution in [0.3, 0.4) is 0 Å². The van der Waals surface area contributed by atoms with Crippen molar-refractivity contribution in [2.45, 2.75) is 50.4 Å². The lowest BCUT2D eigenvalue weighted by atomic mass is 9.98. The van der Waals surface area contributed by atoms with Crippen LogP contribution in [-0.4, -0.2) is 76.4 Å². The molecule has 2 aliphatic heterocycles. The van der Waals surface area contributed by atoms with Gasteiger partial charge < -0.3 is 53.0 Å². The van der Waals surface area contributed by atoms with E-state index in [1.807, 2.05) is 30.3 Å². The lowest BCUT2D eigenvalue weighted by Crippen LogP contribution is -2.49. The summed E-state index contributed by atoms with van der Waals surface area (Å²) in [4.78, 5) is 44.2. The maximum atomic E-state index is 14.5. The first-order valence-corrected chi connectivity index (χ1v) is 24.5. The maximum Gasteiger partial charge on any atom is 0.416 e. The number of anilines is 4. The van der Waals surface area contributed by atoms with Crippen LogP contribution in [0.15, 0.2) is 174 Å². The summed E-state index contributed by atoms with van der Waals surface area (Å²) in [6, 6.07) is 37.1. The van der Waals surface area contributed by atoms with Gasteiger partial charge in [-0.3, -0.25) is 9.59 Å². The predicted molar refractivity (Wildman–Crippen MR) is 279 cm³/mol. The molecule has 2 heterocycles. The fraction of sp³-hybridized carbons (Fsp3) is 0.246. The first-order chi connectivity index (χ1) is 36.2. The van der Waals surface area contributed by atoms with E-state index in [0.717, 1.165) is 35.4 Å². The van der Waals surface area contributed by atoms with Crippen molar-refractivity contribution in [2.24, 2.45) is 11.5 Å². The van der Waals surface area contributed by atoms with Crippen LogP contribution in [-0.2, 0) is 35.0 Å². The summed E-state index contributed by atoms with van der Waals surface area (Å²) in [5.74, 6) is -1.88. The molecule has 76 heavy (non-hydrogen) atoms. The lowest BCUT2D eigenvalue weighted by Gasteiger charge is -2.40. The van der Waals surface area contributed by atoms with Crippen molar-refractivity contribution in [1.82, 2.24) is 9.80 Å². The molecular weight excluding hydrogens is 989 g/mol. The molecule has 2 atom stereocenters. The van der Waals surface area contributed by atoms with Crippen molar-refractivity contribution >= 4 is 40.5 Å². The molecule has 0 saturated carbocycles. The molecule has 6 aromatic carbocycles. The Hall–Kier alpha value is -8.13. The van der Waals surface area contributed by atoms with Gasteiger partial charge >= 0.3 is 18.3 Å². The lowest BCUT2D eigenvalue weighted by molar-refractivity contribution is -0.953. The minimum absolute atomic E-state index is 0.0181. The predicted octanol–water partition coefficient (Wildman–Crippen LogP) is 9.70. The van der Waals surface area contributed by atoms with Gasteiger partial charge in [0.25, 0.3) is 11.8 Å². The van der Waals surface area contributed by atoms with E-state index in [1.54, 1.807) is 70.5 Å². The van der Waals surface area contributed by atoms with E-state index in [-0.39, 0.29) is 54.3 Å². The van der Waals surface area contributed by atoms with E-state index >= 15 is 0 Å². The van der Waals surface area contributed by atoms with Crippen molar-refractivity contribution in [2.75, 3.05) is 61.4 Å². The Bertz CT molecular complexity index is 2950. The number of nitrogens with one attached hydrogen (secondary N) is 2. The summed E-state index contributed by atoms with van der Waals surface area (Å²) in [5, 5.41) is 15.9. The van der Waals surface area contributed by atoms with Crippen molar-refractivity contribution in [3.05, 3.63) is 213 Å². The van der Waals surface area contributed by atoms with E-state index in [0.29, 0.717) is 77.4 Å². The minimum Gasteiger partial charge on any atom is -0.478 e. The SMILES string of the molecule is Nc1ccc([C@@H](N)C2=C(Nc3cccc(C(F)(F)F)c3)CN(CCC[N+](CCCN3CC(Nc4cccc(C(F)(F)F)c4)=C([C@H](N)c4ccc(N)cc4)C3=O)(Cc3ccccc3)Cc3ccc(C(=O)O)cc3)C2=O)cc1. The van der Waals surface area contributed by atoms with Gasteiger partial charge in [-0.2, -0.15) is 26.3 Å². The Morgan fingerprint density at radius 3 is 1.37 bits per heavy atom. The van der Waals surface area contributed by atoms with Gasteiger partial charge in [0.15, 0.2) is 0 Å². The van der Waals surface area contributed by atoms with Gasteiger partial charge in [0, 0.05) is 71.2 Å². The molecule has 0 unspecified atom stereocenters. The highest BCUT2D eigenvalue weighted by molar-refractivity contribution is 6.00. The number of carbonyl (C=O) groups excluding carboxylic acids is 2. The Balaban J connectivity index is 1.07. The van der Waals surface area contributed by atoms with Gasteiger partial charge in [-0.15, -0.1) is 0 Å². The Morgan fingerprint density at radius 1 is 0.566 bits per heavy atom. The van der Waals surface area contributed by atoms with E-state index in [2.05, 4.69) is 10.6 Å². The highest BCUT2D eigenvalue weighted by atomic mass is 19.4. The topological polar surface area (TPSA) is 206 Å². The van der Waals surface area contributed by atoms with Gasteiger partial charge in [-0.25, -0.2) is 4.79 Å². The molecule has 0 aliphatic carbocycles. The second kappa shape index (κ2) is 22.8. The van der Waals surface area contributed by atoms with E-state index in [1.165, 1.54) is 36.4 Å². The van der Waals surface area contributed by atoms with Crippen LogP contribution in [0.5, 0.6) is 0 Å². The molecule has 0 bridgehead atoms. The quantitative estimate of drug-likeness (QED) is 0.0206. The third kappa shape index (κ3) is 13.0. The molecule has 396 valence electrons. The third-order valence-corrected chi connectivity index (χ3v) is 13.8. The number of aromatic carboxylic acids is 1. The number of nitrogen functional groups attached to an aromatic ring is 2.